The van der Waals surface area contributed by atoms with Crippen molar-refractivity contribution >= 4 is 0 Å². The van der Waals surface area contributed by atoms with Crippen molar-refractivity contribution in [2.24, 2.45) is 0 Å². The lowest BCUT2D eigenvalue weighted by molar-refractivity contribution is -0.138. The van der Waals surface area contributed by atoms with Crippen molar-refractivity contribution in [1.29, 1.82) is 0 Å². The molecule has 1 heterocycles. The normalized spacial score (nSPS) is 18.5. The number of hydrogen-bond donors (Lipinski definition) is 1. The summed E-state index contributed by atoms with van der Waals surface area (Å²) < 4.78 is 42.8. The highest BCUT2D eigenvalue weighted by molar-refractivity contribution is 5.29. The van der Waals surface area contributed by atoms with Gasteiger partial charge >= 0.3 is 6.18 Å². The Hall–Kier alpha value is -1.27. The lowest BCUT2D eigenvalue weighted by Crippen LogP contribution is -2.45. The van der Waals surface area contributed by atoms with Crippen LogP contribution in [0, 0.1) is 0 Å². The molecule has 0 saturated carbocycles. The van der Waals surface area contributed by atoms with Crippen LogP contribution in [0.2, 0.25) is 0 Å². The summed E-state index contributed by atoms with van der Waals surface area (Å²) in [6.45, 7) is 3.18. The summed E-state index contributed by atoms with van der Waals surface area (Å²) in [6, 6.07) is 7.14. The number of piperazine rings is 1. The molecule has 0 radical (unpaired) electrons. The van der Waals surface area contributed by atoms with Crippen molar-refractivity contribution in [3.05, 3.63) is 29.8 Å². The predicted molar refractivity (Wildman–Crippen MR) is 75.5 cm³/mol. The molecule has 1 aliphatic heterocycles. The van der Waals surface area contributed by atoms with E-state index in [9.17, 15) is 13.2 Å². The molecule has 2 rings (SSSR count). The Labute approximate surface area is 123 Å². The average molecular weight is 302 g/mol. The maximum atomic E-state index is 12.6. The third kappa shape index (κ3) is 4.89. The van der Waals surface area contributed by atoms with Gasteiger partial charge in [0.05, 0.1) is 7.11 Å². The molecule has 0 bridgehead atoms. The smallest absolute Gasteiger partial charge is 0.389 e. The highest BCUT2D eigenvalue weighted by Gasteiger charge is 2.31. The fraction of sp³-hybridized carbons (Fsp3) is 0.600. The van der Waals surface area contributed by atoms with Crippen molar-refractivity contribution in [2.75, 3.05) is 33.3 Å². The van der Waals surface area contributed by atoms with Crippen molar-refractivity contribution in [3.8, 4) is 5.75 Å². The molecule has 21 heavy (non-hydrogen) atoms. The Morgan fingerprint density at radius 1 is 1.19 bits per heavy atom. The molecule has 1 aliphatic rings. The van der Waals surface area contributed by atoms with Crippen LogP contribution in [0.3, 0.4) is 0 Å². The maximum Gasteiger partial charge on any atom is 0.389 e. The van der Waals surface area contributed by atoms with E-state index < -0.39 is 12.6 Å². The summed E-state index contributed by atoms with van der Waals surface area (Å²) in [5.41, 5.74) is 0.918. The van der Waals surface area contributed by atoms with Gasteiger partial charge in [-0.05, 0) is 24.1 Å². The molecule has 0 aliphatic carbocycles. The van der Waals surface area contributed by atoms with Gasteiger partial charge in [-0.25, -0.2) is 0 Å². The van der Waals surface area contributed by atoms with E-state index in [1.807, 2.05) is 12.1 Å². The second kappa shape index (κ2) is 7.13. The number of benzene rings is 1. The van der Waals surface area contributed by atoms with Crippen molar-refractivity contribution < 1.29 is 17.9 Å². The summed E-state index contributed by atoms with van der Waals surface area (Å²) in [5.74, 6) is 0.716. The fourth-order valence-electron chi connectivity index (χ4n) is 2.68. The van der Waals surface area contributed by atoms with Gasteiger partial charge in [-0.2, -0.15) is 13.2 Å². The molecule has 118 valence electrons. The van der Waals surface area contributed by atoms with Gasteiger partial charge in [0.1, 0.15) is 5.75 Å². The second-order valence-electron chi connectivity index (χ2n) is 5.23. The molecule has 1 aromatic rings. The number of nitrogens with zero attached hydrogens (tertiary/aromatic N) is 1. The third-order valence-electron chi connectivity index (χ3n) is 3.79. The Balaban J connectivity index is 2.12. The first-order chi connectivity index (χ1) is 9.99. The first-order valence-electron chi connectivity index (χ1n) is 7.15. The van der Waals surface area contributed by atoms with Gasteiger partial charge in [0.2, 0.25) is 0 Å². The van der Waals surface area contributed by atoms with Crippen LogP contribution in [0.15, 0.2) is 24.3 Å². The summed E-state index contributed by atoms with van der Waals surface area (Å²) in [4.78, 5) is 2.13. The van der Waals surface area contributed by atoms with Gasteiger partial charge < -0.3 is 10.1 Å². The molecule has 0 unspecified atom stereocenters. The first-order valence-corrected chi connectivity index (χ1v) is 7.15. The molecule has 0 aromatic heterocycles. The Bertz CT molecular complexity index is 428. The number of methoxy groups -OCH3 is 1. The van der Waals surface area contributed by atoms with E-state index >= 15 is 0 Å². The zero-order valence-electron chi connectivity index (χ0n) is 12.1. The third-order valence-corrected chi connectivity index (χ3v) is 3.79. The molecule has 1 fully saturated rings. The minimum absolute atomic E-state index is 0.0931. The van der Waals surface area contributed by atoms with E-state index in [1.54, 1.807) is 19.2 Å². The predicted octanol–water partition coefficient (Wildman–Crippen LogP) is 2.98. The molecule has 6 heteroatoms. The second-order valence-corrected chi connectivity index (χ2v) is 5.23. The number of nitrogens with one attached hydrogen (secondary N) is 1. The monoisotopic (exact) mass is 302 g/mol. The fourth-order valence-corrected chi connectivity index (χ4v) is 2.68. The molecule has 0 spiro atoms. The van der Waals surface area contributed by atoms with Crippen LogP contribution in [-0.2, 0) is 0 Å². The minimum atomic E-state index is -4.11. The molecule has 3 nitrogen and oxygen atoms in total. The quantitative estimate of drug-likeness (QED) is 0.905. The first kappa shape index (κ1) is 16.1. The van der Waals surface area contributed by atoms with E-state index in [1.165, 1.54) is 0 Å². The van der Waals surface area contributed by atoms with E-state index in [0.717, 1.165) is 31.7 Å². The molecular weight excluding hydrogens is 281 g/mol. The van der Waals surface area contributed by atoms with Crippen LogP contribution < -0.4 is 10.1 Å². The molecule has 1 aromatic carbocycles. The highest BCUT2D eigenvalue weighted by Crippen LogP contribution is 2.32. The molecule has 1 saturated heterocycles. The van der Waals surface area contributed by atoms with Crippen molar-refractivity contribution in [1.82, 2.24) is 10.2 Å². The topological polar surface area (TPSA) is 24.5 Å². The molecule has 1 atom stereocenters. The number of alkyl halides is 3. The SMILES string of the molecule is COc1ccc([C@@H](CCC(F)(F)F)N2CCNCC2)cc1. The number of hydrogen-bond acceptors (Lipinski definition) is 3. The zero-order chi connectivity index (χ0) is 15.3. The lowest BCUT2D eigenvalue weighted by Gasteiger charge is -2.35. The average Bonchev–Trinajstić information content (AvgIpc) is 2.48. The van der Waals surface area contributed by atoms with Gasteiger partial charge in [0, 0.05) is 38.6 Å². The van der Waals surface area contributed by atoms with Gasteiger partial charge in [-0.3, -0.25) is 4.90 Å². The van der Waals surface area contributed by atoms with Gasteiger partial charge in [0.15, 0.2) is 0 Å². The van der Waals surface area contributed by atoms with Crippen LogP contribution in [-0.4, -0.2) is 44.4 Å². The molecular formula is C15H21F3N2O. The van der Waals surface area contributed by atoms with Gasteiger partial charge in [0.25, 0.3) is 0 Å². The minimum Gasteiger partial charge on any atom is -0.497 e. The van der Waals surface area contributed by atoms with Crippen LogP contribution in [0.4, 0.5) is 13.2 Å². The van der Waals surface area contributed by atoms with E-state index in [-0.39, 0.29) is 12.5 Å². The molecule has 1 N–H and O–H groups in total. The van der Waals surface area contributed by atoms with Crippen molar-refractivity contribution in [2.45, 2.75) is 25.1 Å². The summed E-state index contributed by atoms with van der Waals surface area (Å²) in [6.07, 6.45) is -4.78. The Kier molecular flexibility index (Phi) is 5.47. The van der Waals surface area contributed by atoms with E-state index in [0.29, 0.717) is 5.75 Å². The summed E-state index contributed by atoms with van der Waals surface area (Å²) >= 11 is 0. The van der Waals surface area contributed by atoms with Crippen LogP contribution in [0.5, 0.6) is 5.75 Å². The standard InChI is InChI=1S/C15H21F3N2O/c1-21-13-4-2-12(3-5-13)14(6-7-15(16,17)18)20-10-8-19-9-11-20/h2-5,14,19H,6-11H2,1H3/t14-/m1/s1. The lowest BCUT2D eigenvalue weighted by atomic mass is 9.99. The van der Waals surface area contributed by atoms with Crippen LogP contribution in [0.25, 0.3) is 0 Å². The summed E-state index contributed by atoms with van der Waals surface area (Å²) in [7, 11) is 1.58. The van der Waals surface area contributed by atoms with Gasteiger partial charge in [-0.1, -0.05) is 12.1 Å². The van der Waals surface area contributed by atoms with E-state index in [4.69, 9.17) is 4.74 Å². The Morgan fingerprint density at radius 3 is 2.33 bits per heavy atom. The summed E-state index contributed by atoms with van der Waals surface area (Å²) in [5, 5.41) is 3.23. The highest BCUT2D eigenvalue weighted by atomic mass is 19.4. The number of rotatable bonds is 5. The van der Waals surface area contributed by atoms with Gasteiger partial charge in [-0.15, -0.1) is 0 Å². The zero-order valence-corrected chi connectivity index (χ0v) is 12.1. The largest absolute Gasteiger partial charge is 0.497 e. The number of halogens is 3. The van der Waals surface area contributed by atoms with Crippen molar-refractivity contribution in [3.63, 3.8) is 0 Å². The maximum absolute atomic E-state index is 12.6. The number of ether oxygens (including phenoxy) is 1. The van der Waals surface area contributed by atoms with E-state index in [2.05, 4.69) is 10.2 Å². The van der Waals surface area contributed by atoms with Crippen LogP contribution >= 0.6 is 0 Å². The molecule has 0 amide bonds. The van der Waals surface area contributed by atoms with Crippen LogP contribution in [0.1, 0.15) is 24.4 Å². The Morgan fingerprint density at radius 2 is 1.81 bits per heavy atom.